The van der Waals surface area contributed by atoms with Gasteiger partial charge in [-0.1, -0.05) is 12.8 Å². The van der Waals surface area contributed by atoms with Gasteiger partial charge in [0.1, 0.15) is 5.75 Å². The van der Waals surface area contributed by atoms with Crippen LogP contribution >= 0.6 is 0 Å². The highest BCUT2D eigenvalue weighted by molar-refractivity contribution is 5.62. The van der Waals surface area contributed by atoms with E-state index in [9.17, 15) is 0 Å². The van der Waals surface area contributed by atoms with Gasteiger partial charge in [0.2, 0.25) is 0 Å². The third-order valence-electron chi connectivity index (χ3n) is 3.80. The van der Waals surface area contributed by atoms with Crippen LogP contribution in [0.25, 0.3) is 0 Å². The Hall–Kier alpha value is -1.38. The van der Waals surface area contributed by atoms with E-state index in [1.54, 1.807) is 0 Å². The predicted octanol–water partition coefficient (Wildman–Crippen LogP) is 3.82. The van der Waals surface area contributed by atoms with Crippen LogP contribution in [0.1, 0.15) is 46.5 Å². The Labute approximate surface area is 116 Å². The van der Waals surface area contributed by atoms with Crippen LogP contribution in [0.15, 0.2) is 18.2 Å². The van der Waals surface area contributed by atoms with Crippen LogP contribution in [0.3, 0.4) is 0 Å². The van der Waals surface area contributed by atoms with E-state index in [2.05, 4.69) is 24.0 Å². The standard InChI is InChI=1S/C16H26N2O/c1-4-18(13-7-5-6-8-13)14-9-10-15(17)16(11-14)19-12(2)3/h9-13H,4-8,17H2,1-3H3. The van der Waals surface area contributed by atoms with Crippen LogP contribution in [0.4, 0.5) is 11.4 Å². The lowest BCUT2D eigenvalue weighted by Crippen LogP contribution is -2.32. The van der Waals surface area contributed by atoms with E-state index in [4.69, 9.17) is 10.5 Å². The summed E-state index contributed by atoms with van der Waals surface area (Å²) in [6.07, 6.45) is 5.47. The maximum absolute atomic E-state index is 5.99. The fourth-order valence-corrected chi connectivity index (χ4v) is 2.93. The van der Waals surface area contributed by atoms with Crippen LogP contribution in [0.2, 0.25) is 0 Å². The van der Waals surface area contributed by atoms with Gasteiger partial charge < -0.3 is 15.4 Å². The second-order valence-corrected chi connectivity index (χ2v) is 5.61. The summed E-state index contributed by atoms with van der Waals surface area (Å²) in [5, 5.41) is 0. The number of nitrogens with two attached hydrogens (primary N) is 1. The quantitative estimate of drug-likeness (QED) is 0.820. The molecule has 3 nitrogen and oxygen atoms in total. The zero-order valence-electron chi connectivity index (χ0n) is 12.4. The number of hydrogen-bond acceptors (Lipinski definition) is 3. The van der Waals surface area contributed by atoms with Gasteiger partial charge in [-0.05, 0) is 45.7 Å². The summed E-state index contributed by atoms with van der Waals surface area (Å²) in [6, 6.07) is 6.85. The molecule has 1 aromatic rings. The Kier molecular flexibility index (Phi) is 4.56. The fraction of sp³-hybridized carbons (Fsp3) is 0.625. The number of rotatable bonds is 5. The first-order chi connectivity index (χ1) is 9.11. The molecule has 0 aromatic heterocycles. The van der Waals surface area contributed by atoms with E-state index in [0.29, 0.717) is 6.04 Å². The molecule has 2 N–H and O–H groups in total. The molecule has 106 valence electrons. The van der Waals surface area contributed by atoms with Gasteiger partial charge in [0.05, 0.1) is 11.8 Å². The number of benzene rings is 1. The summed E-state index contributed by atoms with van der Waals surface area (Å²) in [6.45, 7) is 7.31. The zero-order valence-corrected chi connectivity index (χ0v) is 12.4. The normalized spacial score (nSPS) is 16.0. The maximum Gasteiger partial charge on any atom is 0.144 e. The van der Waals surface area contributed by atoms with Crippen molar-refractivity contribution >= 4 is 11.4 Å². The highest BCUT2D eigenvalue weighted by atomic mass is 16.5. The third-order valence-corrected chi connectivity index (χ3v) is 3.80. The Morgan fingerprint density at radius 3 is 2.58 bits per heavy atom. The van der Waals surface area contributed by atoms with Crippen LogP contribution < -0.4 is 15.4 Å². The van der Waals surface area contributed by atoms with Crippen molar-refractivity contribution in [3.8, 4) is 5.75 Å². The summed E-state index contributed by atoms with van der Waals surface area (Å²) in [7, 11) is 0. The molecular weight excluding hydrogens is 236 g/mol. The van der Waals surface area contributed by atoms with Crippen molar-refractivity contribution in [1.29, 1.82) is 0 Å². The van der Waals surface area contributed by atoms with Crippen LogP contribution in [0, 0.1) is 0 Å². The third kappa shape index (κ3) is 3.34. The van der Waals surface area contributed by atoms with E-state index in [-0.39, 0.29) is 6.10 Å². The SMILES string of the molecule is CCN(c1ccc(N)c(OC(C)C)c1)C1CCCC1. The van der Waals surface area contributed by atoms with Gasteiger partial charge >= 0.3 is 0 Å². The monoisotopic (exact) mass is 262 g/mol. The molecule has 0 atom stereocenters. The summed E-state index contributed by atoms with van der Waals surface area (Å²) < 4.78 is 5.79. The minimum absolute atomic E-state index is 0.152. The van der Waals surface area contributed by atoms with E-state index >= 15 is 0 Å². The zero-order chi connectivity index (χ0) is 13.8. The summed E-state index contributed by atoms with van der Waals surface area (Å²) in [5.41, 5.74) is 7.95. The molecule has 1 aliphatic rings. The lowest BCUT2D eigenvalue weighted by molar-refractivity contribution is 0.244. The van der Waals surface area contributed by atoms with Gasteiger partial charge in [-0.15, -0.1) is 0 Å². The van der Waals surface area contributed by atoms with Crippen molar-refractivity contribution in [2.24, 2.45) is 0 Å². The molecule has 0 spiro atoms. The second-order valence-electron chi connectivity index (χ2n) is 5.61. The van der Waals surface area contributed by atoms with Crippen molar-refractivity contribution in [1.82, 2.24) is 0 Å². The molecule has 19 heavy (non-hydrogen) atoms. The number of nitrogens with zero attached hydrogens (tertiary/aromatic N) is 1. The lowest BCUT2D eigenvalue weighted by Gasteiger charge is -2.30. The average molecular weight is 262 g/mol. The largest absolute Gasteiger partial charge is 0.489 e. The highest BCUT2D eigenvalue weighted by Crippen LogP contribution is 2.33. The van der Waals surface area contributed by atoms with E-state index < -0.39 is 0 Å². The number of anilines is 2. The van der Waals surface area contributed by atoms with Crippen molar-refractivity contribution in [2.75, 3.05) is 17.2 Å². The van der Waals surface area contributed by atoms with Gasteiger partial charge in [0.15, 0.2) is 0 Å². The van der Waals surface area contributed by atoms with Crippen molar-refractivity contribution < 1.29 is 4.74 Å². The molecule has 1 saturated carbocycles. The molecule has 0 aliphatic heterocycles. The average Bonchev–Trinajstić information content (AvgIpc) is 2.87. The summed E-state index contributed by atoms with van der Waals surface area (Å²) >= 11 is 0. The Morgan fingerprint density at radius 2 is 2.00 bits per heavy atom. The Morgan fingerprint density at radius 1 is 1.32 bits per heavy atom. The first-order valence-electron chi connectivity index (χ1n) is 7.44. The molecule has 1 aromatic carbocycles. The molecule has 0 amide bonds. The van der Waals surface area contributed by atoms with Crippen LogP contribution in [-0.4, -0.2) is 18.7 Å². The van der Waals surface area contributed by atoms with Gasteiger partial charge in [0.25, 0.3) is 0 Å². The number of nitrogen functional groups attached to an aromatic ring is 1. The predicted molar refractivity (Wildman–Crippen MR) is 81.9 cm³/mol. The van der Waals surface area contributed by atoms with Gasteiger partial charge in [-0.3, -0.25) is 0 Å². The van der Waals surface area contributed by atoms with Gasteiger partial charge in [-0.25, -0.2) is 0 Å². The molecule has 0 heterocycles. The van der Waals surface area contributed by atoms with Gasteiger partial charge in [-0.2, -0.15) is 0 Å². The van der Waals surface area contributed by atoms with Crippen molar-refractivity contribution in [3.05, 3.63) is 18.2 Å². The molecule has 0 bridgehead atoms. The molecule has 1 aliphatic carbocycles. The van der Waals surface area contributed by atoms with Crippen molar-refractivity contribution in [2.45, 2.75) is 58.6 Å². The minimum atomic E-state index is 0.152. The van der Waals surface area contributed by atoms with Crippen LogP contribution in [0.5, 0.6) is 5.75 Å². The summed E-state index contributed by atoms with van der Waals surface area (Å²) in [5.74, 6) is 0.809. The molecule has 1 fully saturated rings. The van der Waals surface area contributed by atoms with E-state index in [1.165, 1.54) is 31.4 Å². The highest BCUT2D eigenvalue weighted by Gasteiger charge is 2.22. The first-order valence-corrected chi connectivity index (χ1v) is 7.44. The van der Waals surface area contributed by atoms with Gasteiger partial charge in [0, 0.05) is 24.3 Å². The molecule has 2 rings (SSSR count). The second kappa shape index (κ2) is 6.18. The molecule has 0 unspecified atom stereocenters. The smallest absolute Gasteiger partial charge is 0.144 e. The first kappa shape index (κ1) is 14.0. The minimum Gasteiger partial charge on any atom is -0.489 e. The Bertz CT molecular complexity index is 411. The van der Waals surface area contributed by atoms with Crippen molar-refractivity contribution in [3.63, 3.8) is 0 Å². The van der Waals surface area contributed by atoms with E-state index in [0.717, 1.165) is 18.0 Å². The van der Waals surface area contributed by atoms with Crippen LogP contribution in [-0.2, 0) is 0 Å². The number of ether oxygens (including phenoxy) is 1. The lowest BCUT2D eigenvalue weighted by atomic mass is 10.1. The molecular formula is C16H26N2O. The molecule has 0 saturated heterocycles. The van der Waals surface area contributed by atoms with E-state index in [1.807, 2.05) is 19.9 Å². The topological polar surface area (TPSA) is 38.5 Å². The molecule has 3 heteroatoms. The molecule has 0 radical (unpaired) electrons. The maximum atomic E-state index is 5.99. The summed E-state index contributed by atoms with van der Waals surface area (Å²) in [4.78, 5) is 2.49. The fourth-order valence-electron chi connectivity index (χ4n) is 2.93. The Balaban J connectivity index is 2.22. The number of hydrogen-bond donors (Lipinski definition) is 1.